The Balaban J connectivity index is 1.59. The Morgan fingerprint density at radius 1 is 0.828 bits per heavy atom. The SMILES string of the molecule is CC[C@H](C)[C@@H]1NC(=O)[C@H](CC(=O)O)NC(=O)[C@H](CC(C)C)NC(=O)c2ccc(-c3ccc(N4CCNCC4)cc3)c(c2)CNC(=O)[C@@H]2CCCN2C(C(=O)NC(C)(C)C)[C@H](C)NC1=O. The lowest BCUT2D eigenvalue weighted by Gasteiger charge is -2.38. The molecule has 2 bridgehead atoms. The van der Waals surface area contributed by atoms with Crippen LogP contribution in [0.25, 0.3) is 11.1 Å². The number of carbonyl (C=O) groups is 7. The van der Waals surface area contributed by atoms with Crippen LogP contribution in [0.15, 0.2) is 42.5 Å². The molecular weight excluding hydrogens is 819 g/mol. The third kappa shape index (κ3) is 13.0. The number of nitrogens with zero attached hydrogens (tertiary/aromatic N) is 2. The number of hydrogen-bond donors (Lipinski definition) is 8. The Kier molecular flexibility index (Phi) is 16.9. The molecule has 64 heavy (non-hydrogen) atoms. The number of anilines is 1. The predicted octanol–water partition coefficient (Wildman–Crippen LogP) is 2.28. The zero-order valence-electron chi connectivity index (χ0n) is 38.6. The second-order valence-corrected chi connectivity index (χ2v) is 18.9. The van der Waals surface area contributed by atoms with Crippen molar-refractivity contribution >= 4 is 47.1 Å². The van der Waals surface area contributed by atoms with E-state index in [2.05, 4.69) is 54.3 Å². The van der Waals surface area contributed by atoms with Gasteiger partial charge >= 0.3 is 5.97 Å². The molecule has 3 aliphatic rings. The number of benzene rings is 2. The van der Waals surface area contributed by atoms with Crippen molar-refractivity contribution in [1.82, 2.24) is 42.1 Å². The summed E-state index contributed by atoms with van der Waals surface area (Å²) in [4.78, 5) is 101. The maximum Gasteiger partial charge on any atom is 0.305 e. The molecule has 1 unspecified atom stereocenters. The van der Waals surface area contributed by atoms with Crippen molar-refractivity contribution in [3.8, 4) is 11.1 Å². The fourth-order valence-electron chi connectivity index (χ4n) is 8.70. The first kappa shape index (κ1) is 49.5. The van der Waals surface area contributed by atoms with E-state index in [0.29, 0.717) is 31.4 Å². The standard InChI is InChI=1S/C47H69N9O8/c1-9-28(4)39-45(63)50-29(5)40(46(64)54-47(6,7)8)56-20-10-11-37(56)44(62)49-26-32-24-31(14-17-34(32)30-12-15-33(16-13-30)55-21-18-48-19-22-55)41(59)51-35(23-27(2)3)42(60)52-36(25-38(57)58)43(61)53-39/h12-17,24,27-29,35-37,39-40,48H,9-11,18-23,25-26H2,1-8H3,(H,49,62)(H,50,63)(H,51,59)(H,52,60)(H,53,61)(H,54,64)(H,57,58)/t28-,29-,35-,36-,37-,39-,40?/m0/s1. The number of fused-ring (bicyclic) bond motifs is 3. The highest BCUT2D eigenvalue weighted by Crippen LogP contribution is 2.29. The molecule has 2 aromatic rings. The van der Waals surface area contributed by atoms with Crippen LogP contribution in [-0.2, 0) is 35.3 Å². The Hall–Kier alpha value is -5.55. The maximum absolute atomic E-state index is 14.4. The zero-order chi connectivity index (χ0) is 46.9. The Labute approximate surface area is 377 Å². The van der Waals surface area contributed by atoms with Gasteiger partial charge in [0.05, 0.1) is 18.5 Å². The van der Waals surface area contributed by atoms with Crippen LogP contribution in [0.3, 0.4) is 0 Å². The van der Waals surface area contributed by atoms with Gasteiger partial charge in [0.2, 0.25) is 29.5 Å². The van der Waals surface area contributed by atoms with Gasteiger partial charge in [0.15, 0.2) is 0 Å². The van der Waals surface area contributed by atoms with Gasteiger partial charge in [0.25, 0.3) is 5.91 Å². The quantitative estimate of drug-likeness (QED) is 0.182. The summed E-state index contributed by atoms with van der Waals surface area (Å²) in [5.74, 6) is -5.51. The molecule has 6 amide bonds. The molecule has 5 rings (SSSR count). The molecule has 0 aromatic heterocycles. The monoisotopic (exact) mass is 888 g/mol. The summed E-state index contributed by atoms with van der Waals surface area (Å²) >= 11 is 0. The molecule has 2 aromatic carbocycles. The molecule has 2 fully saturated rings. The zero-order valence-corrected chi connectivity index (χ0v) is 38.6. The first-order chi connectivity index (χ1) is 30.3. The summed E-state index contributed by atoms with van der Waals surface area (Å²) in [6.45, 7) is 18.5. The lowest BCUT2D eigenvalue weighted by Crippen LogP contribution is -2.64. The average molecular weight is 888 g/mol. The maximum atomic E-state index is 14.4. The van der Waals surface area contributed by atoms with Crippen molar-refractivity contribution in [1.29, 1.82) is 0 Å². The number of amides is 6. The third-order valence-electron chi connectivity index (χ3n) is 12.2. The molecule has 3 heterocycles. The topological polar surface area (TPSA) is 230 Å². The number of hydrogen-bond acceptors (Lipinski definition) is 10. The minimum Gasteiger partial charge on any atom is -0.481 e. The van der Waals surface area contributed by atoms with E-state index in [9.17, 15) is 38.7 Å². The highest BCUT2D eigenvalue weighted by molar-refractivity contribution is 6.00. The number of nitrogens with one attached hydrogen (secondary N) is 7. The number of piperazine rings is 1. The summed E-state index contributed by atoms with van der Waals surface area (Å²) in [5.41, 5.74) is 2.92. The van der Waals surface area contributed by atoms with E-state index in [0.717, 1.165) is 43.0 Å². The minimum absolute atomic E-state index is 0.0292. The van der Waals surface area contributed by atoms with Gasteiger partial charge in [-0.1, -0.05) is 52.3 Å². The number of carbonyl (C=O) groups excluding carboxylic acids is 6. The lowest BCUT2D eigenvalue weighted by atomic mass is 9.96. The Morgan fingerprint density at radius 2 is 1.48 bits per heavy atom. The van der Waals surface area contributed by atoms with Crippen molar-refractivity contribution < 1.29 is 38.7 Å². The van der Waals surface area contributed by atoms with Gasteiger partial charge in [-0.2, -0.15) is 0 Å². The van der Waals surface area contributed by atoms with Gasteiger partial charge in [0.1, 0.15) is 24.2 Å². The molecule has 7 atom stereocenters. The van der Waals surface area contributed by atoms with Crippen LogP contribution >= 0.6 is 0 Å². The van der Waals surface area contributed by atoms with E-state index in [4.69, 9.17) is 0 Å². The van der Waals surface area contributed by atoms with Crippen LogP contribution in [0, 0.1) is 11.8 Å². The van der Waals surface area contributed by atoms with Crippen molar-refractivity contribution in [2.75, 3.05) is 37.6 Å². The van der Waals surface area contributed by atoms with E-state index < -0.39 is 89.6 Å². The Bertz CT molecular complexity index is 2010. The smallest absolute Gasteiger partial charge is 0.305 e. The van der Waals surface area contributed by atoms with Gasteiger partial charge in [-0.15, -0.1) is 0 Å². The van der Waals surface area contributed by atoms with Gasteiger partial charge in [-0.3, -0.25) is 38.5 Å². The van der Waals surface area contributed by atoms with Crippen LogP contribution in [0.4, 0.5) is 5.69 Å². The van der Waals surface area contributed by atoms with E-state index in [1.54, 1.807) is 26.0 Å². The van der Waals surface area contributed by atoms with Crippen LogP contribution in [0.1, 0.15) is 103 Å². The normalized spacial score (nSPS) is 25.1. The molecule has 0 spiro atoms. The van der Waals surface area contributed by atoms with Crippen molar-refractivity contribution in [2.24, 2.45) is 11.8 Å². The summed E-state index contributed by atoms with van der Waals surface area (Å²) in [6.07, 6.45) is 0.870. The fourth-order valence-corrected chi connectivity index (χ4v) is 8.70. The van der Waals surface area contributed by atoms with Gasteiger partial charge in [-0.05, 0) is 106 Å². The number of carboxylic acid groups (broad SMARTS) is 1. The first-order valence-corrected chi connectivity index (χ1v) is 22.7. The molecule has 0 aliphatic carbocycles. The molecule has 2 saturated heterocycles. The second kappa shape index (κ2) is 21.9. The third-order valence-corrected chi connectivity index (χ3v) is 12.2. The van der Waals surface area contributed by atoms with Gasteiger partial charge < -0.3 is 47.2 Å². The van der Waals surface area contributed by atoms with E-state index in [-0.39, 0.29) is 30.4 Å². The molecule has 350 valence electrons. The lowest BCUT2D eigenvalue weighted by molar-refractivity contribution is -0.141. The summed E-state index contributed by atoms with van der Waals surface area (Å²) in [6, 6.07) is 6.72. The summed E-state index contributed by atoms with van der Waals surface area (Å²) < 4.78 is 0. The average Bonchev–Trinajstić information content (AvgIpc) is 3.72. The second-order valence-electron chi connectivity index (χ2n) is 18.9. The van der Waals surface area contributed by atoms with Crippen molar-refractivity contribution in [2.45, 2.75) is 136 Å². The first-order valence-electron chi connectivity index (χ1n) is 22.7. The van der Waals surface area contributed by atoms with Crippen molar-refractivity contribution in [3.05, 3.63) is 53.6 Å². The van der Waals surface area contributed by atoms with E-state index >= 15 is 0 Å². The molecule has 0 radical (unpaired) electrons. The largest absolute Gasteiger partial charge is 0.481 e. The highest BCUT2D eigenvalue weighted by Gasteiger charge is 2.43. The molecule has 17 nitrogen and oxygen atoms in total. The highest BCUT2D eigenvalue weighted by atomic mass is 16.4. The molecule has 8 N–H and O–H groups in total. The van der Waals surface area contributed by atoms with E-state index in [1.165, 1.54) is 0 Å². The molecular formula is C47H69N9O8. The predicted molar refractivity (Wildman–Crippen MR) is 244 cm³/mol. The number of carboxylic acids is 1. The molecule has 0 saturated carbocycles. The number of rotatable bonds is 9. The van der Waals surface area contributed by atoms with Crippen LogP contribution in [0.2, 0.25) is 0 Å². The van der Waals surface area contributed by atoms with Crippen LogP contribution in [-0.4, -0.2) is 126 Å². The summed E-state index contributed by atoms with van der Waals surface area (Å²) in [7, 11) is 0. The van der Waals surface area contributed by atoms with Gasteiger partial charge in [0, 0.05) is 49.5 Å². The number of aliphatic carboxylic acids is 1. The minimum atomic E-state index is -1.60. The van der Waals surface area contributed by atoms with Crippen LogP contribution in [0.5, 0.6) is 0 Å². The van der Waals surface area contributed by atoms with Crippen LogP contribution < -0.4 is 42.1 Å². The molecule has 17 heteroatoms. The molecule has 3 aliphatic heterocycles. The van der Waals surface area contributed by atoms with Crippen molar-refractivity contribution in [3.63, 3.8) is 0 Å². The Morgan fingerprint density at radius 3 is 2.11 bits per heavy atom. The summed E-state index contributed by atoms with van der Waals surface area (Å²) in [5, 5.41) is 30.4. The van der Waals surface area contributed by atoms with E-state index in [1.807, 2.05) is 64.6 Å². The fraction of sp³-hybridized carbons (Fsp3) is 0.596. The van der Waals surface area contributed by atoms with Gasteiger partial charge in [-0.25, -0.2) is 0 Å².